The number of hydrogen-bond acceptors (Lipinski definition) is 2. The molecular weight excluding hydrogens is 154 g/mol. The Morgan fingerprint density at radius 3 is 1.83 bits per heavy atom. The molecule has 1 aliphatic rings. The van der Waals surface area contributed by atoms with Crippen molar-refractivity contribution in [1.29, 1.82) is 0 Å². The minimum atomic E-state index is -0.833. The SMILES string of the molecule is CC(=O)O.CC(C)N1CCCC1. The number of carboxylic acid groups (broad SMARTS) is 1. The van der Waals surface area contributed by atoms with Crippen molar-refractivity contribution >= 4 is 5.97 Å². The van der Waals surface area contributed by atoms with Crippen LogP contribution in [0.2, 0.25) is 0 Å². The summed E-state index contributed by atoms with van der Waals surface area (Å²) < 4.78 is 0. The van der Waals surface area contributed by atoms with Crippen LogP contribution in [0.15, 0.2) is 0 Å². The quantitative estimate of drug-likeness (QED) is 0.654. The van der Waals surface area contributed by atoms with Gasteiger partial charge in [0.2, 0.25) is 0 Å². The van der Waals surface area contributed by atoms with Gasteiger partial charge in [-0.3, -0.25) is 4.79 Å². The Labute approximate surface area is 74.4 Å². The van der Waals surface area contributed by atoms with Gasteiger partial charge in [0, 0.05) is 13.0 Å². The average molecular weight is 173 g/mol. The van der Waals surface area contributed by atoms with Crippen molar-refractivity contribution in [3.63, 3.8) is 0 Å². The number of carbonyl (C=O) groups is 1. The molecule has 1 saturated heterocycles. The van der Waals surface area contributed by atoms with Gasteiger partial charge in [-0.2, -0.15) is 0 Å². The molecule has 0 atom stereocenters. The number of likely N-dealkylation sites (tertiary alicyclic amines) is 1. The van der Waals surface area contributed by atoms with Crippen LogP contribution in [-0.2, 0) is 4.79 Å². The molecule has 1 aliphatic heterocycles. The molecule has 0 bridgehead atoms. The summed E-state index contributed by atoms with van der Waals surface area (Å²) in [5.41, 5.74) is 0. The highest BCUT2D eigenvalue weighted by atomic mass is 16.4. The lowest BCUT2D eigenvalue weighted by Gasteiger charge is -2.18. The number of aliphatic carboxylic acids is 1. The van der Waals surface area contributed by atoms with Crippen molar-refractivity contribution in [1.82, 2.24) is 4.90 Å². The van der Waals surface area contributed by atoms with Crippen molar-refractivity contribution in [3.8, 4) is 0 Å². The molecule has 72 valence electrons. The first kappa shape index (κ1) is 11.4. The molecule has 1 N–H and O–H groups in total. The highest BCUT2D eigenvalue weighted by Crippen LogP contribution is 2.09. The molecule has 0 radical (unpaired) electrons. The van der Waals surface area contributed by atoms with E-state index in [-0.39, 0.29) is 0 Å². The molecule has 1 rings (SSSR count). The monoisotopic (exact) mass is 173 g/mol. The van der Waals surface area contributed by atoms with Crippen LogP contribution in [-0.4, -0.2) is 35.1 Å². The topological polar surface area (TPSA) is 40.5 Å². The summed E-state index contributed by atoms with van der Waals surface area (Å²) in [7, 11) is 0. The van der Waals surface area contributed by atoms with Crippen molar-refractivity contribution < 1.29 is 9.90 Å². The fourth-order valence-electron chi connectivity index (χ4n) is 1.26. The lowest BCUT2D eigenvalue weighted by molar-refractivity contribution is -0.134. The van der Waals surface area contributed by atoms with Crippen LogP contribution >= 0.6 is 0 Å². The molecule has 0 aliphatic carbocycles. The van der Waals surface area contributed by atoms with Crippen LogP contribution < -0.4 is 0 Å². The molecule has 0 aromatic carbocycles. The van der Waals surface area contributed by atoms with Crippen LogP contribution in [0.1, 0.15) is 33.6 Å². The molecule has 3 nitrogen and oxygen atoms in total. The Morgan fingerprint density at radius 2 is 1.67 bits per heavy atom. The third-order valence-corrected chi connectivity index (χ3v) is 1.87. The van der Waals surface area contributed by atoms with Gasteiger partial charge in [-0.15, -0.1) is 0 Å². The molecule has 0 aromatic heterocycles. The van der Waals surface area contributed by atoms with E-state index < -0.39 is 5.97 Å². The third kappa shape index (κ3) is 6.16. The van der Waals surface area contributed by atoms with Crippen molar-refractivity contribution in [3.05, 3.63) is 0 Å². The van der Waals surface area contributed by atoms with Gasteiger partial charge < -0.3 is 10.0 Å². The minimum Gasteiger partial charge on any atom is -0.481 e. The zero-order chi connectivity index (χ0) is 9.56. The summed E-state index contributed by atoms with van der Waals surface area (Å²) >= 11 is 0. The van der Waals surface area contributed by atoms with E-state index in [0.29, 0.717) is 0 Å². The predicted molar refractivity (Wildman–Crippen MR) is 49.3 cm³/mol. The standard InChI is InChI=1S/C7H15N.C2H4O2/c1-7(2)8-5-3-4-6-8;1-2(3)4/h7H,3-6H2,1-2H3;1H3,(H,3,4). The lowest BCUT2D eigenvalue weighted by Crippen LogP contribution is -2.26. The Morgan fingerprint density at radius 1 is 1.33 bits per heavy atom. The van der Waals surface area contributed by atoms with E-state index in [4.69, 9.17) is 9.90 Å². The van der Waals surface area contributed by atoms with Crippen LogP contribution in [0.3, 0.4) is 0 Å². The molecule has 0 spiro atoms. The molecule has 0 aromatic rings. The first-order valence-corrected chi connectivity index (χ1v) is 4.47. The summed E-state index contributed by atoms with van der Waals surface area (Å²) in [5.74, 6) is -0.833. The summed E-state index contributed by atoms with van der Waals surface area (Å²) in [6.07, 6.45) is 2.83. The van der Waals surface area contributed by atoms with Crippen molar-refractivity contribution in [2.75, 3.05) is 13.1 Å². The summed E-state index contributed by atoms with van der Waals surface area (Å²) in [6, 6.07) is 0.775. The Kier molecular flexibility index (Phi) is 5.72. The van der Waals surface area contributed by atoms with Crippen molar-refractivity contribution in [2.45, 2.75) is 39.7 Å². The van der Waals surface area contributed by atoms with E-state index in [1.165, 1.54) is 25.9 Å². The zero-order valence-electron chi connectivity index (χ0n) is 8.21. The maximum atomic E-state index is 9.00. The fourth-order valence-corrected chi connectivity index (χ4v) is 1.26. The number of hydrogen-bond donors (Lipinski definition) is 1. The third-order valence-electron chi connectivity index (χ3n) is 1.87. The van der Waals surface area contributed by atoms with Gasteiger partial charge in [-0.25, -0.2) is 0 Å². The molecule has 1 fully saturated rings. The van der Waals surface area contributed by atoms with E-state index in [1.54, 1.807) is 0 Å². The highest BCUT2D eigenvalue weighted by Gasteiger charge is 2.13. The van der Waals surface area contributed by atoms with E-state index >= 15 is 0 Å². The minimum absolute atomic E-state index is 0.775. The second kappa shape index (κ2) is 6.00. The highest BCUT2D eigenvalue weighted by molar-refractivity contribution is 5.62. The first-order chi connectivity index (χ1) is 5.54. The predicted octanol–water partition coefficient (Wildman–Crippen LogP) is 1.58. The molecule has 3 heteroatoms. The molecular formula is C9H19NO2. The van der Waals surface area contributed by atoms with Crippen LogP contribution in [0.4, 0.5) is 0 Å². The molecule has 0 unspecified atom stereocenters. The van der Waals surface area contributed by atoms with Crippen LogP contribution in [0, 0.1) is 0 Å². The molecule has 0 amide bonds. The van der Waals surface area contributed by atoms with Gasteiger partial charge in [0.1, 0.15) is 0 Å². The smallest absolute Gasteiger partial charge is 0.300 e. The Hall–Kier alpha value is -0.570. The zero-order valence-corrected chi connectivity index (χ0v) is 8.21. The Bertz CT molecular complexity index is 124. The summed E-state index contributed by atoms with van der Waals surface area (Å²) in [4.78, 5) is 11.5. The van der Waals surface area contributed by atoms with Gasteiger partial charge in [-0.1, -0.05) is 0 Å². The van der Waals surface area contributed by atoms with E-state index in [9.17, 15) is 0 Å². The number of carboxylic acids is 1. The number of rotatable bonds is 1. The molecule has 1 heterocycles. The van der Waals surface area contributed by atoms with E-state index in [0.717, 1.165) is 13.0 Å². The maximum Gasteiger partial charge on any atom is 0.300 e. The first-order valence-electron chi connectivity index (χ1n) is 4.47. The largest absolute Gasteiger partial charge is 0.481 e. The van der Waals surface area contributed by atoms with E-state index in [2.05, 4.69) is 18.7 Å². The fraction of sp³-hybridized carbons (Fsp3) is 0.889. The second-order valence-electron chi connectivity index (χ2n) is 3.36. The van der Waals surface area contributed by atoms with Crippen LogP contribution in [0.25, 0.3) is 0 Å². The molecule has 0 saturated carbocycles. The Balaban J connectivity index is 0.000000261. The maximum absolute atomic E-state index is 9.00. The summed E-state index contributed by atoms with van der Waals surface area (Å²) in [6.45, 7) is 8.28. The lowest BCUT2D eigenvalue weighted by atomic mass is 10.3. The van der Waals surface area contributed by atoms with E-state index in [1.807, 2.05) is 0 Å². The number of nitrogens with zero attached hydrogens (tertiary/aromatic N) is 1. The average Bonchev–Trinajstić information content (AvgIpc) is 2.34. The normalized spacial score (nSPS) is 17.3. The van der Waals surface area contributed by atoms with Gasteiger partial charge >= 0.3 is 0 Å². The van der Waals surface area contributed by atoms with Crippen LogP contribution in [0.5, 0.6) is 0 Å². The van der Waals surface area contributed by atoms with Crippen molar-refractivity contribution in [2.24, 2.45) is 0 Å². The van der Waals surface area contributed by atoms with Gasteiger partial charge in [0.25, 0.3) is 5.97 Å². The van der Waals surface area contributed by atoms with Gasteiger partial charge in [0.15, 0.2) is 0 Å². The molecule has 12 heavy (non-hydrogen) atoms. The van der Waals surface area contributed by atoms with Gasteiger partial charge in [0.05, 0.1) is 0 Å². The van der Waals surface area contributed by atoms with Gasteiger partial charge in [-0.05, 0) is 39.8 Å². The second-order valence-corrected chi connectivity index (χ2v) is 3.36. The summed E-state index contributed by atoms with van der Waals surface area (Å²) in [5, 5.41) is 7.42.